The maximum Gasteiger partial charge on any atom is 0.228 e. The van der Waals surface area contributed by atoms with E-state index >= 15 is 0 Å². The Balaban J connectivity index is 1.95. The molecule has 0 radical (unpaired) electrons. The fourth-order valence-electron chi connectivity index (χ4n) is 2.26. The Morgan fingerprint density at radius 3 is 2.76 bits per heavy atom. The van der Waals surface area contributed by atoms with Gasteiger partial charge in [-0.3, -0.25) is 4.79 Å². The third-order valence-corrected chi connectivity index (χ3v) is 3.47. The summed E-state index contributed by atoms with van der Waals surface area (Å²) in [5.41, 5.74) is 6.26. The molecule has 17 heavy (non-hydrogen) atoms. The van der Waals surface area contributed by atoms with E-state index in [1.807, 2.05) is 0 Å². The molecule has 1 aromatic rings. The number of carbonyl (C=O) groups excluding carboxylic acids is 1. The van der Waals surface area contributed by atoms with E-state index < -0.39 is 0 Å². The first kappa shape index (κ1) is 11.9. The molecule has 1 heterocycles. The van der Waals surface area contributed by atoms with Crippen molar-refractivity contribution >= 4 is 17.4 Å². The van der Waals surface area contributed by atoms with Crippen LogP contribution >= 0.6 is 0 Å². The Bertz CT molecular complexity index is 397. The topological polar surface area (TPSA) is 68.0 Å². The smallest absolute Gasteiger partial charge is 0.228 e. The van der Waals surface area contributed by atoms with Crippen molar-refractivity contribution in [1.29, 1.82) is 0 Å². The highest BCUT2D eigenvalue weighted by molar-refractivity contribution is 5.94. The normalized spacial score (nSPS) is 24.3. The van der Waals surface area contributed by atoms with Crippen LogP contribution < -0.4 is 11.1 Å². The lowest BCUT2D eigenvalue weighted by Gasteiger charge is -2.25. The Hall–Kier alpha value is -1.58. The Morgan fingerprint density at radius 2 is 2.12 bits per heavy atom. The minimum absolute atomic E-state index is 0.0577. The second-order valence-electron chi connectivity index (χ2n) is 4.89. The van der Waals surface area contributed by atoms with Gasteiger partial charge in [-0.2, -0.15) is 0 Å². The molecule has 0 aliphatic heterocycles. The summed E-state index contributed by atoms with van der Waals surface area (Å²) in [6.45, 7) is 2.24. The quantitative estimate of drug-likeness (QED) is 0.824. The SMILES string of the molecule is CC1CCC(C(=O)Nc2ncccc2N)CC1. The fraction of sp³-hybridized carbons (Fsp3) is 0.538. The van der Waals surface area contributed by atoms with Crippen LogP contribution in [-0.4, -0.2) is 10.9 Å². The average Bonchev–Trinajstić information content (AvgIpc) is 2.33. The summed E-state index contributed by atoms with van der Waals surface area (Å²) < 4.78 is 0. The number of hydrogen-bond donors (Lipinski definition) is 2. The summed E-state index contributed by atoms with van der Waals surface area (Å²) in [6, 6.07) is 3.50. The van der Waals surface area contributed by atoms with Crippen molar-refractivity contribution in [3.8, 4) is 0 Å². The zero-order valence-corrected chi connectivity index (χ0v) is 10.1. The maximum absolute atomic E-state index is 12.0. The summed E-state index contributed by atoms with van der Waals surface area (Å²) in [6.07, 6.45) is 5.85. The molecular formula is C13H19N3O. The van der Waals surface area contributed by atoms with Gasteiger partial charge in [-0.15, -0.1) is 0 Å². The lowest BCUT2D eigenvalue weighted by atomic mass is 9.82. The number of pyridine rings is 1. The van der Waals surface area contributed by atoms with Gasteiger partial charge in [-0.25, -0.2) is 4.98 Å². The van der Waals surface area contributed by atoms with E-state index in [-0.39, 0.29) is 11.8 Å². The zero-order chi connectivity index (χ0) is 12.3. The monoisotopic (exact) mass is 233 g/mol. The fourth-order valence-corrected chi connectivity index (χ4v) is 2.26. The van der Waals surface area contributed by atoms with E-state index in [4.69, 9.17) is 5.73 Å². The summed E-state index contributed by atoms with van der Waals surface area (Å²) >= 11 is 0. The molecule has 1 aliphatic rings. The second-order valence-corrected chi connectivity index (χ2v) is 4.89. The van der Waals surface area contributed by atoms with Crippen LogP contribution in [0.5, 0.6) is 0 Å². The van der Waals surface area contributed by atoms with Crippen molar-refractivity contribution in [2.45, 2.75) is 32.6 Å². The highest BCUT2D eigenvalue weighted by Crippen LogP contribution is 2.29. The van der Waals surface area contributed by atoms with Gasteiger partial charge in [0.15, 0.2) is 5.82 Å². The van der Waals surface area contributed by atoms with Gasteiger partial charge in [0.2, 0.25) is 5.91 Å². The minimum atomic E-state index is 0.0577. The lowest BCUT2D eigenvalue weighted by Crippen LogP contribution is -2.27. The number of nitrogens with one attached hydrogen (secondary N) is 1. The first-order chi connectivity index (χ1) is 8.16. The largest absolute Gasteiger partial charge is 0.396 e. The van der Waals surface area contributed by atoms with Gasteiger partial charge >= 0.3 is 0 Å². The van der Waals surface area contributed by atoms with Crippen molar-refractivity contribution in [2.75, 3.05) is 11.1 Å². The molecule has 4 heteroatoms. The molecular weight excluding hydrogens is 214 g/mol. The van der Waals surface area contributed by atoms with E-state index in [0.29, 0.717) is 11.5 Å². The number of amides is 1. The second kappa shape index (κ2) is 5.17. The molecule has 1 amide bonds. The molecule has 2 rings (SSSR count). The van der Waals surface area contributed by atoms with Gasteiger partial charge in [0.05, 0.1) is 5.69 Å². The molecule has 3 N–H and O–H groups in total. The molecule has 0 unspecified atom stereocenters. The molecule has 92 valence electrons. The van der Waals surface area contributed by atoms with Crippen molar-refractivity contribution in [3.05, 3.63) is 18.3 Å². The van der Waals surface area contributed by atoms with Crippen molar-refractivity contribution in [2.24, 2.45) is 11.8 Å². The van der Waals surface area contributed by atoms with Crippen LogP contribution in [0.25, 0.3) is 0 Å². The summed E-state index contributed by atoms with van der Waals surface area (Å²) in [7, 11) is 0. The number of nitrogen functional groups attached to an aromatic ring is 1. The van der Waals surface area contributed by atoms with Crippen molar-refractivity contribution in [1.82, 2.24) is 4.98 Å². The predicted molar refractivity (Wildman–Crippen MR) is 68.4 cm³/mol. The molecule has 1 saturated carbocycles. The highest BCUT2D eigenvalue weighted by Gasteiger charge is 2.24. The van der Waals surface area contributed by atoms with Gasteiger partial charge < -0.3 is 11.1 Å². The molecule has 0 saturated heterocycles. The Kier molecular flexibility index (Phi) is 3.61. The summed E-state index contributed by atoms with van der Waals surface area (Å²) in [5, 5.41) is 2.82. The van der Waals surface area contributed by atoms with E-state index in [0.717, 1.165) is 31.6 Å². The third-order valence-electron chi connectivity index (χ3n) is 3.47. The van der Waals surface area contributed by atoms with Crippen LogP contribution in [-0.2, 0) is 4.79 Å². The van der Waals surface area contributed by atoms with Crippen LogP contribution in [0.3, 0.4) is 0 Å². The first-order valence-electron chi connectivity index (χ1n) is 6.18. The van der Waals surface area contributed by atoms with Crippen LogP contribution in [0.4, 0.5) is 11.5 Å². The molecule has 0 atom stereocenters. The van der Waals surface area contributed by atoms with Crippen molar-refractivity contribution < 1.29 is 4.79 Å². The van der Waals surface area contributed by atoms with Gasteiger partial charge in [0.1, 0.15) is 0 Å². The van der Waals surface area contributed by atoms with Gasteiger partial charge in [-0.05, 0) is 43.7 Å². The number of aromatic nitrogens is 1. The molecule has 4 nitrogen and oxygen atoms in total. The molecule has 1 aliphatic carbocycles. The number of rotatable bonds is 2. The van der Waals surface area contributed by atoms with Crippen LogP contribution in [0, 0.1) is 11.8 Å². The standard InChI is InChI=1S/C13H19N3O/c1-9-4-6-10(7-5-9)13(17)16-12-11(14)3-2-8-15-12/h2-3,8-10H,4-7,14H2,1H3,(H,15,16,17). The Morgan fingerprint density at radius 1 is 1.41 bits per heavy atom. The Labute approximate surface area is 102 Å². The van der Waals surface area contributed by atoms with Crippen LogP contribution in [0.15, 0.2) is 18.3 Å². The molecule has 0 aromatic carbocycles. The molecule has 0 bridgehead atoms. The lowest BCUT2D eigenvalue weighted by molar-refractivity contribution is -0.121. The van der Waals surface area contributed by atoms with E-state index in [9.17, 15) is 4.79 Å². The number of anilines is 2. The predicted octanol–water partition coefficient (Wildman–Crippen LogP) is 2.43. The molecule has 0 spiro atoms. The number of nitrogens with two attached hydrogens (primary N) is 1. The average molecular weight is 233 g/mol. The van der Waals surface area contributed by atoms with Gasteiger partial charge in [0, 0.05) is 12.1 Å². The number of carbonyl (C=O) groups is 1. The van der Waals surface area contributed by atoms with Crippen LogP contribution in [0.2, 0.25) is 0 Å². The first-order valence-corrected chi connectivity index (χ1v) is 6.18. The molecule has 1 aromatic heterocycles. The summed E-state index contributed by atoms with van der Waals surface area (Å²) in [4.78, 5) is 16.1. The number of nitrogens with zero attached hydrogens (tertiary/aromatic N) is 1. The third kappa shape index (κ3) is 2.96. The van der Waals surface area contributed by atoms with Gasteiger partial charge in [0.25, 0.3) is 0 Å². The molecule has 1 fully saturated rings. The minimum Gasteiger partial charge on any atom is -0.396 e. The maximum atomic E-state index is 12.0. The zero-order valence-electron chi connectivity index (χ0n) is 10.1. The van der Waals surface area contributed by atoms with E-state index in [1.165, 1.54) is 0 Å². The van der Waals surface area contributed by atoms with E-state index in [1.54, 1.807) is 18.3 Å². The highest BCUT2D eigenvalue weighted by atomic mass is 16.1. The summed E-state index contributed by atoms with van der Waals surface area (Å²) in [5.74, 6) is 1.41. The van der Waals surface area contributed by atoms with Crippen LogP contribution in [0.1, 0.15) is 32.6 Å². The number of hydrogen-bond acceptors (Lipinski definition) is 3. The van der Waals surface area contributed by atoms with Gasteiger partial charge in [-0.1, -0.05) is 6.92 Å². The van der Waals surface area contributed by atoms with Crippen molar-refractivity contribution in [3.63, 3.8) is 0 Å². The van der Waals surface area contributed by atoms with E-state index in [2.05, 4.69) is 17.2 Å².